The summed E-state index contributed by atoms with van der Waals surface area (Å²) in [6, 6.07) is 4.54. The summed E-state index contributed by atoms with van der Waals surface area (Å²) in [6.07, 6.45) is 0.281. The highest BCUT2D eigenvalue weighted by atomic mass is 32.1. The van der Waals surface area contributed by atoms with Crippen LogP contribution in [0.15, 0.2) is 30.3 Å². The van der Waals surface area contributed by atoms with Crippen LogP contribution in [0.2, 0.25) is 0 Å². The standard InChI is InChI=1S/C18H26N4O6S/c1-10(20-16(25)12(19)7-11-5-3-2-4-6-11)15(24)21-13(8-23)17(26)22-14(9-29)18(27)28/h2-6,10,12-14,23,29H,7-9,19H2,1H3,(H,20,25)(H,21,24)(H,22,26)(H,27,28). The van der Waals surface area contributed by atoms with Gasteiger partial charge in [-0.05, 0) is 18.9 Å². The van der Waals surface area contributed by atoms with E-state index in [0.29, 0.717) is 0 Å². The fourth-order valence-electron chi connectivity index (χ4n) is 2.30. The number of carbonyl (C=O) groups excluding carboxylic acids is 3. The van der Waals surface area contributed by atoms with Crippen LogP contribution in [-0.2, 0) is 25.6 Å². The van der Waals surface area contributed by atoms with Gasteiger partial charge in [-0.1, -0.05) is 30.3 Å². The lowest BCUT2D eigenvalue weighted by atomic mass is 10.1. The number of aliphatic hydroxyl groups is 1. The first-order valence-corrected chi connectivity index (χ1v) is 9.48. The second-order valence-electron chi connectivity index (χ2n) is 6.35. The van der Waals surface area contributed by atoms with Gasteiger partial charge in [0.2, 0.25) is 17.7 Å². The molecule has 1 aromatic carbocycles. The van der Waals surface area contributed by atoms with Crippen molar-refractivity contribution in [2.24, 2.45) is 5.73 Å². The van der Waals surface area contributed by atoms with Gasteiger partial charge in [-0.15, -0.1) is 0 Å². The molecule has 0 fully saturated rings. The van der Waals surface area contributed by atoms with Crippen molar-refractivity contribution in [3.63, 3.8) is 0 Å². The number of rotatable bonds is 11. The van der Waals surface area contributed by atoms with E-state index in [4.69, 9.17) is 10.8 Å². The molecule has 0 aliphatic heterocycles. The molecule has 160 valence electrons. The van der Waals surface area contributed by atoms with Crippen molar-refractivity contribution in [1.82, 2.24) is 16.0 Å². The van der Waals surface area contributed by atoms with Crippen LogP contribution in [0.1, 0.15) is 12.5 Å². The maximum Gasteiger partial charge on any atom is 0.327 e. The Bertz CT molecular complexity index is 718. The summed E-state index contributed by atoms with van der Waals surface area (Å²) in [5.74, 6) is -3.65. The molecule has 1 aromatic rings. The maximum absolute atomic E-state index is 12.2. The van der Waals surface area contributed by atoms with Gasteiger partial charge in [-0.3, -0.25) is 14.4 Å². The van der Waals surface area contributed by atoms with Crippen molar-refractivity contribution in [1.29, 1.82) is 0 Å². The minimum Gasteiger partial charge on any atom is -0.480 e. The molecule has 7 N–H and O–H groups in total. The first-order chi connectivity index (χ1) is 13.7. The van der Waals surface area contributed by atoms with E-state index in [1.807, 2.05) is 30.3 Å². The quantitative estimate of drug-likeness (QED) is 0.201. The highest BCUT2D eigenvalue weighted by Gasteiger charge is 2.27. The third kappa shape index (κ3) is 8.10. The van der Waals surface area contributed by atoms with Crippen LogP contribution in [0.4, 0.5) is 0 Å². The lowest BCUT2D eigenvalue weighted by Gasteiger charge is -2.22. The molecule has 0 heterocycles. The van der Waals surface area contributed by atoms with E-state index >= 15 is 0 Å². The Balaban J connectivity index is 2.59. The van der Waals surface area contributed by atoms with E-state index in [1.165, 1.54) is 6.92 Å². The Morgan fingerprint density at radius 3 is 2.10 bits per heavy atom. The average molecular weight is 426 g/mol. The molecule has 0 radical (unpaired) electrons. The van der Waals surface area contributed by atoms with Gasteiger partial charge in [0.1, 0.15) is 18.1 Å². The highest BCUT2D eigenvalue weighted by Crippen LogP contribution is 2.02. The van der Waals surface area contributed by atoms with Crippen LogP contribution >= 0.6 is 12.6 Å². The molecular weight excluding hydrogens is 400 g/mol. The van der Waals surface area contributed by atoms with E-state index in [9.17, 15) is 24.3 Å². The summed E-state index contributed by atoms with van der Waals surface area (Å²) >= 11 is 3.82. The number of thiol groups is 1. The molecule has 11 heteroatoms. The predicted molar refractivity (Wildman–Crippen MR) is 108 cm³/mol. The van der Waals surface area contributed by atoms with Crippen LogP contribution in [0.25, 0.3) is 0 Å². The van der Waals surface area contributed by atoms with Gasteiger partial charge in [0.15, 0.2) is 0 Å². The second-order valence-corrected chi connectivity index (χ2v) is 6.72. The number of nitrogens with one attached hydrogen (secondary N) is 3. The van der Waals surface area contributed by atoms with E-state index in [-0.39, 0.29) is 12.2 Å². The molecule has 0 spiro atoms. The summed E-state index contributed by atoms with van der Waals surface area (Å²) in [7, 11) is 0. The molecule has 0 aliphatic rings. The molecule has 3 amide bonds. The number of carbonyl (C=O) groups is 4. The smallest absolute Gasteiger partial charge is 0.327 e. The molecule has 0 aliphatic carbocycles. The molecular formula is C18H26N4O6S. The molecule has 0 saturated heterocycles. The van der Waals surface area contributed by atoms with Gasteiger partial charge >= 0.3 is 5.97 Å². The predicted octanol–water partition coefficient (Wildman–Crippen LogP) is -1.96. The number of nitrogens with two attached hydrogens (primary N) is 1. The number of aliphatic carboxylic acids is 1. The Morgan fingerprint density at radius 1 is 1.00 bits per heavy atom. The number of carboxylic acid groups (broad SMARTS) is 1. The van der Waals surface area contributed by atoms with Gasteiger partial charge in [0.05, 0.1) is 12.6 Å². The van der Waals surface area contributed by atoms with Crippen molar-refractivity contribution in [3.05, 3.63) is 35.9 Å². The van der Waals surface area contributed by atoms with Gasteiger partial charge < -0.3 is 31.9 Å². The monoisotopic (exact) mass is 426 g/mol. The highest BCUT2D eigenvalue weighted by molar-refractivity contribution is 7.80. The molecule has 4 unspecified atom stereocenters. The van der Waals surface area contributed by atoms with Crippen LogP contribution in [0.3, 0.4) is 0 Å². The number of hydrogen-bond acceptors (Lipinski definition) is 7. The third-order valence-corrected chi connectivity index (χ3v) is 4.37. The summed E-state index contributed by atoms with van der Waals surface area (Å²) in [5, 5.41) is 25.1. The Labute approximate surface area is 173 Å². The molecule has 29 heavy (non-hydrogen) atoms. The van der Waals surface area contributed by atoms with Crippen molar-refractivity contribution >= 4 is 36.3 Å². The minimum absolute atomic E-state index is 0.168. The molecule has 0 bridgehead atoms. The largest absolute Gasteiger partial charge is 0.480 e. The fourth-order valence-corrected chi connectivity index (χ4v) is 2.54. The van der Waals surface area contributed by atoms with Gasteiger partial charge in [-0.25, -0.2) is 4.79 Å². The molecule has 10 nitrogen and oxygen atoms in total. The van der Waals surface area contributed by atoms with Gasteiger partial charge in [0.25, 0.3) is 0 Å². The molecule has 1 rings (SSSR count). The van der Waals surface area contributed by atoms with Gasteiger partial charge in [0, 0.05) is 5.75 Å². The van der Waals surface area contributed by atoms with Crippen molar-refractivity contribution in [2.45, 2.75) is 37.5 Å². The summed E-state index contributed by atoms with van der Waals surface area (Å²) in [6.45, 7) is 0.632. The SMILES string of the molecule is CC(NC(=O)C(N)Cc1ccccc1)C(=O)NC(CO)C(=O)NC(CS)C(=O)O. The zero-order chi connectivity index (χ0) is 22.0. The summed E-state index contributed by atoms with van der Waals surface area (Å²) < 4.78 is 0. The first-order valence-electron chi connectivity index (χ1n) is 8.84. The number of amides is 3. The van der Waals surface area contributed by atoms with Crippen molar-refractivity contribution in [3.8, 4) is 0 Å². The van der Waals surface area contributed by atoms with Crippen LogP contribution in [0.5, 0.6) is 0 Å². The lowest BCUT2D eigenvalue weighted by molar-refractivity contribution is -0.141. The zero-order valence-corrected chi connectivity index (χ0v) is 16.8. The Hall–Kier alpha value is -2.63. The first kappa shape index (κ1) is 24.4. The molecule has 0 aromatic heterocycles. The maximum atomic E-state index is 12.2. The van der Waals surface area contributed by atoms with Crippen LogP contribution in [-0.4, -0.2) is 70.4 Å². The lowest BCUT2D eigenvalue weighted by Crippen LogP contribution is -2.57. The average Bonchev–Trinajstić information content (AvgIpc) is 2.69. The van der Waals surface area contributed by atoms with Gasteiger partial charge in [-0.2, -0.15) is 12.6 Å². The number of benzene rings is 1. The van der Waals surface area contributed by atoms with Crippen molar-refractivity contribution in [2.75, 3.05) is 12.4 Å². The summed E-state index contributed by atoms with van der Waals surface area (Å²) in [4.78, 5) is 47.4. The van der Waals surface area contributed by atoms with Crippen LogP contribution in [0, 0.1) is 0 Å². The normalized spacial score (nSPS) is 14.8. The topological polar surface area (TPSA) is 171 Å². The Morgan fingerprint density at radius 2 is 1.59 bits per heavy atom. The number of carboxylic acids is 1. The molecule has 0 saturated carbocycles. The van der Waals surface area contributed by atoms with E-state index in [1.54, 1.807) is 0 Å². The fraction of sp³-hybridized carbons (Fsp3) is 0.444. The number of hydrogen-bond donors (Lipinski definition) is 7. The zero-order valence-electron chi connectivity index (χ0n) is 15.9. The second kappa shape index (κ2) is 12.0. The van der Waals surface area contributed by atoms with Crippen molar-refractivity contribution < 1.29 is 29.4 Å². The summed E-state index contributed by atoms with van der Waals surface area (Å²) in [5.41, 5.74) is 6.72. The molecule has 4 atom stereocenters. The Kier molecular flexibility index (Phi) is 10.1. The third-order valence-electron chi connectivity index (χ3n) is 4.00. The van der Waals surface area contributed by atoms with E-state index in [0.717, 1.165) is 5.56 Å². The van der Waals surface area contributed by atoms with E-state index < -0.39 is 54.5 Å². The van der Waals surface area contributed by atoms with E-state index in [2.05, 4.69) is 28.6 Å². The number of aliphatic hydroxyl groups excluding tert-OH is 1. The minimum atomic E-state index is -1.39. The van der Waals surface area contributed by atoms with Crippen LogP contribution < -0.4 is 21.7 Å².